The third kappa shape index (κ3) is 23.5. The number of alkyl carbamates (subject to hydrolysis) is 2. The zero-order chi connectivity index (χ0) is 29.2. The van der Waals surface area contributed by atoms with Gasteiger partial charge in [0.05, 0.1) is 13.1 Å². The second kappa shape index (κ2) is 18.4. The summed E-state index contributed by atoms with van der Waals surface area (Å²) < 4.78 is 10.0. The van der Waals surface area contributed by atoms with Crippen molar-refractivity contribution in [1.29, 1.82) is 0 Å². The molecule has 38 heavy (non-hydrogen) atoms. The van der Waals surface area contributed by atoms with E-state index in [1.54, 1.807) is 41.5 Å². The first kappa shape index (κ1) is 35.1. The Morgan fingerprint density at radius 1 is 0.500 bits per heavy atom. The van der Waals surface area contributed by atoms with Crippen LogP contribution in [0, 0.1) is 0 Å². The van der Waals surface area contributed by atoms with Gasteiger partial charge in [-0.05, 0) is 41.5 Å². The van der Waals surface area contributed by atoms with Crippen LogP contribution < -0.4 is 31.9 Å². The molecule has 6 N–H and O–H groups in total. The Labute approximate surface area is 231 Å². The smallest absolute Gasteiger partial charge is 0.408 e. The van der Waals surface area contributed by atoms with Crippen molar-refractivity contribution in [2.24, 2.45) is 0 Å². The van der Waals surface area contributed by atoms with Gasteiger partial charge in [-0.25, -0.2) is 9.59 Å². The summed E-state index contributed by atoms with van der Waals surface area (Å²) in [6.45, 7) is 9.95. The van der Waals surface area contributed by atoms with Crippen molar-refractivity contribution in [3.63, 3.8) is 0 Å². The molecule has 0 aromatic heterocycles. The van der Waals surface area contributed by atoms with Crippen LogP contribution >= 0.6 is 21.6 Å². The van der Waals surface area contributed by atoms with Crippen molar-refractivity contribution in [3.8, 4) is 0 Å². The quantitative estimate of drug-likeness (QED) is 0.112. The molecule has 0 fully saturated rings. The topological polar surface area (TPSA) is 193 Å². The minimum absolute atomic E-state index is 0.216. The largest absolute Gasteiger partial charge is 0.444 e. The van der Waals surface area contributed by atoms with E-state index in [1.165, 1.54) is 21.6 Å². The van der Waals surface area contributed by atoms with Gasteiger partial charge in [0.25, 0.3) is 0 Å². The summed E-state index contributed by atoms with van der Waals surface area (Å²) in [4.78, 5) is 69.8. The maximum Gasteiger partial charge on any atom is 0.408 e. The van der Waals surface area contributed by atoms with Crippen molar-refractivity contribution in [2.75, 3.05) is 50.8 Å². The van der Waals surface area contributed by atoms with Gasteiger partial charge < -0.3 is 41.4 Å². The Balaban J connectivity index is 3.69. The van der Waals surface area contributed by atoms with Crippen molar-refractivity contribution >= 4 is 57.4 Å². The van der Waals surface area contributed by atoms with Crippen LogP contribution in [-0.2, 0) is 28.7 Å². The van der Waals surface area contributed by atoms with Crippen LogP contribution in [0.25, 0.3) is 0 Å². The molecule has 0 bridgehead atoms. The Kier molecular flexibility index (Phi) is 17.0. The molecule has 218 valence electrons. The average molecular weight is 581 g/mol. The number of hydrogen-bond donors (Lipinski definition) is 6. The fourth-order valence-electron chi connectivity index (χ4n) is 2.12. The molecule has 0 rings (SSSR count). The lowest BCUT2D eigenvalue weighted by atomic mass is 10.2. The van der Waals surface area contributed by atoms with E-state index in [-0.39, 0.29) is 38.0 Å². The minimum Gasteiger partial charge on any atom is -0.444 e. The van der Waals surface area contributed by atoms with E-state index in [9.17, 15) is 28.8 Å². The van der Waals surface area contributed by atoms with Crippen LogP contribution in [0.1, 0.15) is 41.5 Å². The lowest BCUT2D eigenvalue weighted by molar-refractivity contribution is -0.125. The monoisotopic (exact) mass is 580 g/mol. The molecule has 6 amide bonds. The van der Waals surface area contributed by atoms with Crippen LogP contribution in [0.15, 0.2) is 0 Å². The molecule has 0 aliphatic rings. The second-order valence-corrected chi connectivity index (χ2v) is 12.3. The Morgan fingerprint density at radius 3 is 1.11 bits per heavy atom. The van der Waals surface area contributed by atoms with E-state index < -0.39 is 35.2 Å². The summed E-state index contributed by atoms with van der Waals surface area (Å²) >= 11 is 0. The SMILES string of the molecule is CC(C)(C)OC(=O)NCC(=O)NCC(=O)NCCSSCCNC(=O)CNC(=O)CNC(=O)OC(C)(C)C. The predicted molar refractivity (Wildman–Crippen MR) is 145 cm³/mol. The summed E-state index contributed by atoms with van der Waals surface area (Å²) in [6, 6.07) is 0. The van der Waals surface area contributed by atoms with E-state index in [4.69, 9.17) is 9.47 Å². The molecule has 0 unspecified atom stereocenters. The predicted octanol–water partition coefficient (Wildman–Crippen LogP) is -0.118. The summed E-state index contributed by atoms with van der Waals surface area (Å²) in [5.74, 6) is -0.544. The van der Waals surface area contributed by atoms with E-state index in [2.05, 4.69) is 31.9 Å². The maximum atomic E-state index is 11.8. The van der Waals surface area contributed by atoms with Crippen molar-refractivity contribution in [1.82, 2.24) is 31.9 Å². The van der Waals surface area contributed by atoms with Gasteiger partial charge in [-0.3, -0.25) is 19.2 Å². The molecule has 0 heterocycles. The van der Waals surface area contributed by atoms with Crippen molar-refractivity contribution < 1.29 is 38.2 Å². The van der Waals surface area contributed by atoms with Gasteiger partial charge in [0.2, 0.25) is 23.6 Å². The number of carbonyl (C=O) groups excluding carboxylic acids is 6. The highest BCUT2D eigenvalue weighted by Gasteiger charge is 2.17. The Hall–Kier alpha value is -2.88. The van der Waals surface area contributed by atoms with Crippen LogP contribution in [-0.4, -0.2) is 97.8 Å². The average Bonchev–Trinajstić information content (AvgIpc) is 2.78. The fraction of sp³-hybridized carbons (Fsp3) is 0.727. The number of rotatable bonds is 15. The summed E-state index contributed by atoms with van der Waals surface area (Å²) in [6.07, 6.45) is -1.44. The Morgan fingerprint density at radius 2 is 0.789 bits per heavy atom. The van der Waals surface area contributed by atoms with Gasteiger partial charge in [-0.1, -0.05) is 21.6 Å². The fourth-order valence-corrected chi connectivity index (χ4v) is 3.94. The van der Waals surface area contributed by atoms with Gasteiger partial charge >= 0.3 is 12.2 Å². The van der Waals surface area contributed by atoms with Crippen LogP contribution in [0.3, 0.4) is 0 Å². The molecular weight excluding hydrogens is 540 g/mol. The minimum atomic E-state index is -0.720. The number of ether oxygens (including phenoxy) is 2. The molecule has 0 aliphatic carbocycles. The third-order valence-electron chi connectivity index (χ3n) is 3.58. The highest BCUT2D eigenvalue weighted by atomic mass is 33.1. The van der Waals surface area contributed by atoms with Gasteiger partial charge in [0.1, 0.15) is 24.3 Å². The molecule has 0 saturated carbocycles. The summed E-state index contributed by atoms with van der Waals surface area (Å²) in [5, 5.41) is 14.7. The molecule has 14 nitrogen and oxygen atoms in total. The number of nitrogens with one attached hydrogen (secondary N) is 6. The maximum absolute atomic E-state index is 11.8. The highest BCUT2D eigenvalue weighted by molar-refractivity contribution is 8.76. The summed E-state index contributed by atoms with van der Waals surface area (Å²) in [7, 11) is 3.00. The highest BCUT2D eigenvalue weighted by Crippen LogP contribution is 2.19. The molecule has 0 aromatic rings. The summed E-state index contributed by atoms with van der Waals surface area (Å²) in [5.41, 5.74) is -1.34. The number of carbonyl (C=O) groups is 6. The number of amides is 6. The lowest BCUT2D eigenvalue weighted by Gasteiger charge is -2.19. The first-order valence-corrected chi connectivity index (χ1v) is 14.3. The molecule has 16 heteroatoms. The molecular formula is C22H40N6O8S2. The van der Waals surface area contributed by atoms with Crippen molar-refractivity contribution in [2.45, 2.75) is 52.7 Å². The first-order valence-electron chi connectivity index (χ1n) is 11.8. The molecule has 0 saturated heterocycles. The van der Waals surface area contributed by atoms with Crippen LogP contribution in [0.5, 0.6) is 0 Å². The first-order chi connectivity index (χ1) is 17.6. The Bertz CT molecular complexity index is 749. The second-order valence-electron chi connectivity index (χ2n) is 9.61. The van der Waals surface area contributed by atoms with Gasteiger partial charge in [0, 0.05) is 24.6 Å². The zero-order valence-corrected chi connectivity index (χ0v) is 24.4. The molecule has 0 atom stereocenters. The van der Waals surface area contributed by atoms with Gasteiger partial charge in [-0.2, -0.15) is 0 Å². The van der Waals surface area contributed by atoms with Gasteiger partial charge in [-0.15, -0.1) is 0 Å². The molecule has 0 radical (unpaired) electrons. The normalized spacial score (nSPS) is 11.0. The van der Waals surface area contributed by atoms with Crippen LogP contribution in [0.4, 0.5) is 9.59 Å². The van der Waals surface area contributed by atoms with E-state index >= 15 is 0 Å². The standard InChI is InChI=1S/C22H40N6O8S2/c1-21(2,3)35-19(33)27-13-17(31)25-11-15(29)23-7-9-37-38-10-8-24-16(30)12-26-18(32)14-28-20(34)36-22(4,5)6/h7-14H2,1-6H3,(H,23,29)(H,24,30)(H,25,31)(H,26,32)(H,27,33)(H,28,34). The molecule has 0 spiro atoms. The van der Waals surface area contributed by atoms with Crippen molar-refractivity contribution in [3.05, 3.63) is 0 Å². The zero-order valence-electron chi connectivity index (χ0n) is 22.7. The van der Waals surface area contributed by atoms with E-state index in [0.29, 0.717) is 24.6 Å². The third-order valence-corrected chi connectivity index (χ3v) is 5.98. The molecule has 0 aliphatic heterocycles. The lowest BCUT2D eigenvalue weighted by Crippen LogP contribution is -2.43. The van der Waals surface area contributed by atoms with Crippen LogP contribution in [0.2, 0.25) is 0 Å². The van der Waals surface area contributed by atoms with E-state index in [1.807, 2.05) is 0 Å². The van der Waals surface area contributed by atoms with Gasteiger partial charge in [0.15, 0.2) is 0 Å². The van der Waals surface area contributed by atoms with E-state index in [0.717, 1.165) is 0 Å². The molecule has 0 aromatic carbocycles. The number of hydrogen-bond acceptors (Lipinski definition) is 10.